The highest BCUT2D eigenvalue weighted by Gasteiger charge is 2.48. The van der Waals surface area contributed by atoms with Crippen LogP contribution in [0.25, 0.3) is 5.69 Å². The highest BCUT2D eigenvalue weighted by atomic mass is 19.1. The van der Waals surface area contributed by atoms with Gasteiger partial charge in [0.05, 0.1) is 18.0 Å². The minimum absolute atomic E-state index is 0.279. The molecule has 1 amide bonds. The second-order valence-corrected chi connectivity index (χ2v) is 5.40. The fourth-order valence-corrected chi connectivity index (χ4v) is 2.31. The Morgan fingerprint density at radius 3 is 2.73 bits per heavy atom. The molecule has 0 radical (unpaired) electrons. The van der Waals surface area contributed by atoms with Gasteiger partial charge >= 0.3 is 5.97 Å². The monoisotopic (exact) mass is 303 g/mol. The molecule has 2 aromatic rings. The largest absolute Gasteiger partial charge is 0.481 e. The minimum Gasteiger partial charge on any atom is -0.481 e. The van der Waals surface area contributed by atoms with Gasteiger partial charge in [0.2, 0.25) is 5.91 Å². The van der Waals surface area contributed by atoms with Crippen LogP contribution < -0.4 is 5.32 Å². The van der Waals surface area contributed by atoms with Crippen molar-refractivity contribution in [1.29, 1.82) is 0 Å². The molecule has 1 aliphatic rings. The van der Waals surface area contributed by atoms with Gasteiger partial charge in [-0.1, -0.05) is 0 Å². The molecule has 1 fully saturated rings. The highest BCUT2D eigenvalue weighted by molar-refractivity contribution is 5.98. The predicted molar refractivity (Wildman–Crippen MR) is 76.1 cm³/mol. The molecule has 2 unspecified atom stereocenters. The number of hydrogen-bond donors (Lipinski definition) is 2. The number of aryl methyl sites for hydroxylation is 1. The number of nitrogens with zero attached hydrogens (tertiary/aromatic N) is 2. The number of carbonyl (C=O) groups is 2. The van der Waals surface area contributed by atoms with Crippen LogP contribution in [0.4, 0.5) is 10.1 Å². The molecule has 0 saturated heterocycles. The number of anilines is 1. The summed E-state index contributed by atoms with van der Waals surface area (Å²) in [5, 5.41) is 15.4. The number of carboxylic acids is 1. The van der Waals surface area contributed by atoms with Crippen LogP contribution in [0.3, 0.4) is 0 Å². The molecular formula is C15H14FN3O3. The average molecular weight is 303 g/mol. The third-order valence-corrected chi connectivity index (χ3v) is 3.62. The van der Waals surface area contributed by atoms with Crippen LogP contribution in [0.1, 0.15) is 12.0 Å². The fourth-order valence-electron chi connectivity index (χ4n) is 2.31. The Bertz CT molecular complexity index is 756. The zero-order valence-electron chi connectivity index (χ0n) is 11.8. The molecule has 1 aromatic heterocycles. The van der Waals surface area contributed by atoms with Crippen LogP contribution in [-0.2, 0) is 9.59 Å². The summed E-state index contributed by atoms with van der Waals surface area (Å²) in [5.41, 5.74) is 1.48. The average Bonchev–Trinajstić information content (AvgIpc) is 3.16. The molecule has 2 N–H and O–H groups in total. The lowest BCUT2D eigenvalue weighted by Gasteiger charge is -2.08. The van der Waals surface area contributed by atoms with Crippen LogP contribution in [0.2, 0.25) is 0 Å². The summed E-state index contributed by atoms with van der Waals surface area (Å²) in [5.74, 6) is -3.05. The van der Waals surface area contributed by atoms with Gasteiger partial charge in [-0.3, -0.25) is 9.59 Å². The van der Waals surface area contributed by atoms with Crippen LogP contribution in [0, 0.1) is 24.6 Å². The lowest BCUT2D eigenvalue weighted by molar-refractivity contribution is -0.139. The van der Waals surface area contributed by atoms with Gasteiger partial charge in [0.25, 0.3) is 0 Å². The molecule has 3 rings (SSSR count). The molecular weight excluding hydrogens is 289 g/mol. The molecule has 22 heavy (non-hydrogen) atoms. The second kappa shape index (κ2) is 5.25. The third-order valence-electron chi connectivity index (χ3n) is 3.62. The van der Waals surface area contributed by atoms with Crippen molar-refractivity contribution >= 4 is 17.6 Å². The first-order chi connectivity index (χ1) is 10.5. The second-order valence-electron chi connectivity index (χ2n) is 5.40. The number of carboxylic acid groups (broad SMARTS) is 1. The Hall–Kier alpha value is -2.70. The van der Waals surface area contributed by atoms with Crippen molar-refractivity contribution in [2.24, 2.45) is 11.8 Å². The molecule has 6 nitrogen and oxygen atoms in total. The minimum atomic E-state index is -0.976. The van der Waals surface area contributed by atoms with Gasteiger partial charge in [0.1, 0.15) is 5.69 Å². The summed E-state index contributed by atoms with van der Waals surface area (Å²) in [4.78, 5) is 22.6. The van der Waals surface area contributed by atoms with E-state index in [9.17, 15) is 14.0 Å². The Kier molecular flexibility index (Phi) is 3.40. The van der Waals surface area contributed by atoms with Gasteiger partial charge in [-0.2, -0.15) is 5.10 Å². The number of hydrogen-bond acceptors (Lipinski definition) is 3. The molecule has 1 heterocycles. The number of aromatic nitrogens is 2. The molecule has 2 atom stereocenters. The summed E-state index contributed by atoms with van der Waals surface area (Å²) < 4.78 is 15.5. The van der Waals surface area contributed by atoms with E-state index in [0.717, 1.165) is 5.56 Å². The van der Waals surface area contributed by atoms with Gasteiger partial charge in [-0.15, -0.1) is 0 Å². The van der Waals surface area contributed by atoms with Gasteiger partial charge < -0.3 is 10.4 Å². The summed E-state index contributed by atoms with van der Waals surface area (Å²) in [6.45, 7) is 1.85. The third kappa shape index (κ3) is 2.69. The van der Waals surface area contributed by atoms with E-state index in [1.807, 2.05) is 6.92 Å². The van der Waals surface area contributed by atoms with E-state index in [1.54, 1.807) is 18.5 Å². The smallest absolute Gasteiger partial charge is 0.307 e. The Balaban J connectivity index is 1.73. The van der Waals surface area contributed by atoms with E-state index in [2.05, 4.69) is 10.4 Å². The number of benzene rings is 1. The van der Waals surface area contributed by atoms with Crippen LogP contribution >= 0.6 is 0 Å². The van der Waals surface area contributed by atoms with E-state index in [4.69, 9.17) is 5.11 Å². The van der Waals surface area contributed by atoms with Crippen molar-refractivity contribution in [3.8, 4) is 5.69 Å². The molecule has 114 valence electrons. The van der Waals surface area contributed by atoms with Crippen LogP contribution in [0.15, 0.2) is 30.6 Å². The van der Waals surface area contributed by atoms with Crippen molar-refractivity contribution in [2.45, 2.75) is 13.3 Å². The lowest BCUT2D eigenvalue weighted by Crippen LogP contribution is -2.17. The number of rotatable bonds is 4. The highest BCUT2D eigenvalue weighted by Crippen LogP contribution is 2.39. The first-order valence-corrected chi connectivity index (χ1v) is 6.80. The molecule has 0 bridgehead atoms. The first-order valence-electron chi connectivity index (χ1n) is 6.80. The number of halogens is 1. The zero-order chi connectivity index (χ0) is 15.9. The van der Waals surface area contributed by atoms with Crippen LogP contribution in [0.5, 0.6) is 0 Å². The van der Waals surface area contributed by atoms with Gasteiger partial charge in [0.15, 0.2) is 5.82 Å². The van der Waals surface area contributed by atoms with Crippen molar-refractivity contribution in [2.75, 3.05) is 5.32 Å². The van der Waals surface area contributed by atoms with Gasteiger partial charge in [0, 0.05) is 11.9 Å². The summed E-state index contributed by atoms with van der Waals surface area (Å²) >= 11 is 0. The number of nitrogens with one attached hydrogen (secondary N) is 1. The standard InChI is InChI=1S/C15H14FN3O3/c1-8-6-17-19(7-8)13-3-2-9(4-12(13)16)18-14(20)10-5-11(10)15(21)22/h2-4,6-7,10-11H,5H2,1H3,(H,18,20)(H,21,22). The van der Waals surface area contributed by atoms with E-state index in [0.29, 0.717) is 12.1 Å². The SMILES string of the molecule is Cc1cnn(-c2ccc(NC(=O)C3CC3C(=O)O)cc2F)c1. The van der Waals surface area contributed by atoms with E-state index >= 15 is 0 Å². The zero-order valence-corrected chi connectivity index (χ0v) is 11.8. The lowest BCUT2D eigenvalue weighted by atomic mass is 10.2. The topological polar surface area (TPSA) is 84.2 Å². The maximum atomic E-state index is 14.1. The molecule has 1 aliphatic carbocycles. The summed E-state index contributed by atoms with van der Waals surface area (Å²) in [7, 11) is 0. The Morgan fingerprint density at radius 2 is 2.18 bits per heavy atom. The Morgan fingerprint density at radius 1 is 1.41 bits per heavy atom. The Labute approximate surface area is 125 Å². The quantitative estimate of drug-likeness (QED) is 0.904. The summed E-state index contributed by atoms with van der Waals surface area (Å²) in [6.07, 6.45) is 3.64. The maximum absolute atomic E-state index is 14.1. The van der Waals surface area contributed by atoms with Crippen molar-refractivity contribution in [1.82, 2.24) is 9.78 Å². The first kappa shape index (κ1) is 14.2. The van der Waals surface area contributed by atoms with Gasteiger partial charge in [-0.05, 0) is 37.1 Å². The maximum Gasteiger partial charge on any atom is 0.307 e. The van der Waals surface area contributed by atoms with Gasteiger partial charge in [-0.25, -0.2) is 9.07 Å². The van der Waals surface area contributed by atoms with E-state index < -0.39 is 29.5 Å². The molecule has 1 aromatic carbocycles. The number of aliphatic carboxylic acids is 1. The normalized spacial score (nSPS) is 19.7. The molecule has 1 saturated carbocycles. The summed E-state index contributed by atoms with van der Waals surface area (Å²) in [6, 6.07) is 4.27. The van der Waals surface area contributed by atoms with E-state index in [1.165, 1.54) is 16.8 Å². The van der Waals surface area contributed by atoms with Crippen molar-refractivity contribution in [3.63, 3.8) is 0 Å². The number of carbonyl (C=O) groups excluding carboxylic acids is 1. The predicted octanol–water partition coefficient (Wildman–Crippen LogP) is 1.98. The van der Waals surface area contributed by atoms with E-state index in [-0.39, 0.29) is 5.69 Å². The molecule has 0 spiro atoms. The molecule has 0 aliphatic heterocycles. The van der Waals surface area contributed by atoms with Crippen LogP contribution in [-0.4, -0.2) is 26.8 Å². The number of amides is 1. The molecule has 7 heteroatoms. The van der Waals surface area contributed by atoms with Crippen molar-refractivity contribution < 1.29 is 19.1 Å². The van der Waals surface area contributed by atoms with Crippen molar-refractivity contribution in [3.05, 3.63) is 42.0 Å². The fraction of sp³-hybridized carbons (Fsp3) is 0.267.